The smallest absolute Gasteiger partial charge is 0.306 e. The lowest BCUT2D eigenvalue weighted by Gasteiger charge is -2.55. The van der Waals surface area contributed by atoms with Crippen LogP contribution in [0.15, 0.2) is 29.1 Å². The van der Waals surface area contributed by atoms with Gasteiger partial charge in [0.15, 0.2) is 11.5 Å². The molecule has 5 atom stereocenters. The van der Waals surface area contributed by atoms with Gasteiger partial charge in [-0.1, -0.05) is 37.8 Å². The summed E-state index contributed by atoms with van der Waals surface area (Å²) in [5.41, 5.74) is 1.13. The first-order valence-electron chi connectivity index (χ1n) is 15.0. The number of aromatic nitrogens is 2. The fourth-order valence-corrected chi connectivity index (χ4v) is 8.40. The van der Waals surface area contributed by atoms with Crippen LogP contribution in [0, 0.1) is 11.8 Å². The van der Waals surface area contributed by atoms with Crippen molar-refractivity contribution in [2.45, 2.75) is 115 Å². The average molecular weight is 520 g/mol. The van der Waals surface area contributed by atoms with E-state index in [0.29, 0.717) is 23.6 Å². The summed E-state index contributed by atoms with van der Waals surface area (Å²) in [5, 5.41) is 0. The van der Waals surface area contributed by atoms with Crippen LogP contribution in [0.25, 0.3) is 11.0 Å². The van der Waals surface area contributed by atoms with E-state index < -0.39 is 5.97 Å². The number of hydrogen-bond donors (Lipinski definition) is 0. The van der Waals surface area contributed by atoms with Crippen molar-refractivity contribution in [3.05, 3.63) is 40.3 Å². The molecule has 3 heterocycles. The van der Waals surface area contributed by atoms with E-state index in [1.807, 2.05) is 28.8 Å². The minimum absolute atomic E-state index is 0.0352. The van der Waals surface area contributed by atoms with Gasteiger partial charge >= 0.3 is 5.97 Å². The average Bonchev–Trinajstić information content (AvgIpc) is 2.90. The zero-order valence-corrected chi connectivity index (χ0v) is 22.6. The Labute approximate surface area is 224 Å². The van der Waals surface area contributed by atoms with Gasteiger partial charge in [-0.05, 0) is 75.8 Å². The molecule has 2 aromatic rings. The van der Waals surface area contributed by atoms with Crippen LogP contribution >= 0.6 is 0 Å². The lowest BCUT2D eigenvalue weighted by atomic mass is 9.68. The maximum absolute atomic E-state index is 13.9. The van der Waals surface area contributed by atoms with Gasteiger partial charge in [0.05, 0.1) is 24.1 Å². The van der Waals surface area contributed by atoms with E-state index in [4.69, 9.17) is 4.74 Å². The molecule has 0 spiro atoms. The molecule has 7 nitrogen and oxygen atoms in total. The molecule has 2 aliphatic heterocycles. The van der Waals surface area contributed by atoms with Crippen molar-refractivity contribution < 1.29 is 14.3 Å². The first-order valence-corrected chi connectivity index (χ1v) is 15.0. The first-order chi connectivity index (χ1) is 18.5. The van der Waals surface area contributed by atoms with Gasteiger partial charge in [-0.15, -0.1) is 0 Å². The normalized spacial score (nSPS) is 31.2. The van der Waals surface area contributed by atoms with Crippen molar-refractivity contribution in [1.29, 1.82) is 0 Å². The van der Waals surface area contributed by atoms with Crippen molar-refractivity contribution in [1.82, 2.24) is 14.5 Å². The summed E-state index contributed by atoms with van der Waals surface area (Å²) in [7, 11) is 0. The number of rotatable bonds is 7. The molecule has 2 saturated carbocycles. The summed E-state index contributed by atoms with van der Waals surface area (Å²) in [6.45, 7) is 2.02. The van der Waals surface area contributed by atoms with Gasteiger partial charge in [-0.2, -0.15) is 0 Å². The van der Waals surface area contributed by atoms with Crippen LogP contribution in [0.2, 0.25) is 0 Å². The van der Waals surface area contributed by atoms with Gasteiger partial charge in [0, 0.05) is 30.6 Å². The number of nitrogens with zero attached hydrogens (tertiary/aromatic N) is 3. The van der Waals surface area contributed by atoms with E-state index >= 15 is 0 Å². The summed E-state index contributed by atoms with van der Waals surface area (Å²) in [6, 6.07) is 9.43. The molecular weight excluding hydrogens is 478 g/mol. The van der Waals surface area contributed by atoms with Crippen molar-refractivity contribution in [2.75, 3.05) is 6.61 Å². The summed E-state index contributed by atoms with van der Waals surface area (Å²) in [5.74, 6) is 1.00. The van der Waals surface area contributed by atoms with Gasteiger partial charge in [-0.25, -0.2) is 4.98 Å². The third kappa shape index (κ3) is 4.94. The van der Waals surface area contributed by atoms with Crippen LogP contribution in [-0.2, 0) is 9.53 Å². The van der Waals surface area contributed by atoms with Crippen molar-refractivity contribution in [3.63, 3.8) is 0 Å². The minimum Gasteiger partial charge on any atom is -0.466 e. The van der Waals surface area contributed by atoms with Crippen molar-refractivity contribution >= 4 is 22.8 Å². The summed E-state index contributed by atoms with van der Waals surface area (Å²) < 4.78 is 6.86. The van der Waals surface area contributed by atoms with Crippen LogP contribution in [0.1, 0.15) is 107 Å². The van der Waals surface area contributed by atoms with E-state index in [1.165, 1.54) is 57.8 Å². The van der Waals surface area contributed by atoms with Crippen molar-refractivity contribution in [3.8, 4) is 0 Å². The number of fused-ring (bicyclic) bond motifs is 5. The number of piperidine rings is 2. The van der Waals surface area contributed by atoms with Gasteiger partial charge < -0.3 is 9.30 Å². The number of Topliss-reactive ketones (excluding diaryl/α,β-unsaturated/α-hetero) is 1. The predicted octanol–water partition coefficient (Wildman–Crippen LogP) is 5.45. The number of para-hydroxylation sites is 2. The Morgan fingerprint density at radius 3 is 2.26 bits per heavy atom. The molecule has 2 aliphatic carbocycles. The Morgan fingerprint density at radius 2 is 1.55 bits per heavy atom. The standard InChI is InChI=1S/C31H41N3O4/c1-2-38-29(36)14-13-28(35)30-31(37)34(27-12-4-3-11-26(27)32-30)25-18-22-9-6-10-23(19-25)33(22)24-16-20-7-5-8-21(15-20)17-24/h3-4,11-12,20-25H,2,5-10,13-19H2,1H3/t20?,21?,22-,23?,24?,25?/m0/s1. The fourth-order valence-electron chi connectivity index (χ4n) is 8.40. The van der Waals surface area contributed by atoms with Crippen LogP contribution in [0.5, 0.6) is 0 Å². The second-order valence-electron chi connectivity index (χ2n) is 12.2. The predicted molar refractivity (Wildman–Crippen MR) is 146 cm³/mol. The van der Waals surface area contributed by atoms with Gasteiger partial charge in [0.25, 0.3) is 5.56 Å². The SMILES string of the molecule is CCOC(=O)CCC(=O)c1nc2ccccc2n(C2CC3CCC[C@@H](C2)N3C2CC3CCCC(C3)C2)c1=O. The Balaban J connectivity index is 1.29. The number of ketones is 1. The number of ether oxygens (including phenoxy) is 1. The monoisotopic (exact) mass is 519 g/mol. The minimum atomic E-state index is -0.422. The highest BCUT2D eigenvalue weighted by atomic mass is 16.5. The summed E-state index contributed by atoms with van der Waals surface area (Å²) >= 11 is 0. The number of hydrogen-bond acceptors (Lipinski definition) is 6. The van der Waals surface area contributed by atoms with Crippen LogP contribution in [0.3, 0.4) is 0 Å². The Bertz CT molecular complexity index is 1230. The molecule has 4 fully saturated rings. The van der Waals surface area contributed by atoms with E-state index in [-0.39, 0.29) is 42.5 Å². The van der Waals surface area contributed by atoms with Gasteiger partial charge in [0.2, 0.25) is 0 Å². The fraction of sp³-hybridized carbons (Fsp3) is 0.677. The number of carbonyl (C=O) groups is 2. The Morgan fingerprint density at radius 1 is 0.868 bits per heavy atom. The van der Waals surface area contributed by atoms with E-state index in [1.54, 1.807) is 6.92 Å². The maximum Gasteiger partial charge on any atom is 0.306 e. The van der Waals surface area contributed by atoms with E-state index in [9.17, 15) is 14.4 Å². The van der Waals surface area contributed by atoms with Gasteiger partial charge in [-0.3, -0.25) is 19.3 Å². The molecule has 0 amide bonds. The number of carbonyl (C=O) groups excluding carboxylic acids is 2. The topological polar surface area (TPSA) is 81.5 Å². The molecule has 1 aromatic carbocycles. The van der Waals surface area contributed by atoms with Crippen molar-refractivity contribution in [2.24, 2.45) is 11.8 Å². The highest BCUT2D eigenvalue weighted by Gasteiger charge is 2.45. The zero-order valence-electron chi connectivity index (χ0n) is 22.6. The molecule has 2 saturated heterocycles. The largest absolute Gasteiger partial charge is 0.466 e. The van der Waals surface area contributed by atoms with Gasteiger partial charge in [0.1, 0.15) is 0 Å². The molecule has 4 unspecified atom stereocenters. The number of esters is 1. The van der Waals surface area contributed by atoms with E-state index in [0.717, 1.165) is 30.2 Å². The molecule has 4 aliphatic rings. The Kier molecular flexibility index (Phi) is 7.39. The second kappa shape index (κ2) is 10.9. The van der Waals surface area contributed by atoms with Crippen LogP contribution < -0.4 is 5.56 Å². The Hall–Kier alpha value is -2.54. The third-order valence-electron chi connectivity index (χ3n) is 9.82. The highest BCUT2D eigenvalue weighted by molar-refractivity contribution is 5.97. The first kappa shape index (κ1) is 25.7. The molecule has 7 heteroatoms. The lowest BCUT2D eigenvalue weighted by molar-refractivity contribution is -0.143. The molecule has 4 bridgehead atoms. The third-order valence-corrected chi connectivity index (χ3v) is 9.82. The molecule has 0 N–H and O–H groups in total. The maximum atomic E-state index is 13.9. The molecule has 1 aromatic heterocycles. The molecular formula is C31H41N3O4. The quantitative estimate of drug-likeness (QED) is 0.357. The van der Waals surface area contributed by atoms with Crippen LogP contribution in [0.4, 0.5) is 0 Å². The molecule has 204 valence electrons. The highest BCUT2D eigenvalue weighted by Crippen LogP contribution is 2.47. The number of benzene rings is 1. The molecule has 0 radical (unpaired) electrons. The summed E-state index contributed by atoms with van der Waals surface area (Å²) in [4.78, 5) is 46.2. The van der Waals surface area contributed by atoms with E-state index in [2.05, 4.69) is 9.88 Å². The zero-order chi connectivity index (χ0) is 26.2. The summed E-state index contributed by atoms with van der Waals surface area (Å²) in [6.07, 6.45) is 13.8. The second-order valence-corrected chi connectivity index (χ2v) is 12.2. The molecule has 6 rings (SSSR count). The van der Waals surface area contributed by atoms with Crippen LogP contribution in [-0.4, -0.2) is 50.9 Å². The molecule has 38 heavy (non-hydrogen) atoms. The lowest BCUT2D eigenvalue weighted by Crippen LogP contribution is -2.58.